The van der Waals surface area contributed by atoms with E-state index in [0.717, 1.165) is 41.5 Å². The predicted octanol–water partition coefficient (Wildman–Crippen LogP) is -20.9. The number of aliphatic hydroxyl groups excluding tert-OH is 25. The zero-order valence-corrected chi connectivity index (χ0v) is 69.6. The van der Waals surface area contributed by atoms with E-state index in [0.29, 0.717) is 0 Å². The van der Waals surface area contributed by atoms with Gasteiger partial charge in [-0.3, -0.25) is 28.8 Å². The van der Waals surface area contributed by atoms with Gasteiger partial charge in [-0.1, -0.05) is 0 Å². The smallest absolute Gasteiger partial charge is 0.217 e. The normalized spacial score (nSPS) is 47.8. The van der Waals surface area contributed by atoms with Gasteiger partial charge in [-0.15, -0.1) is 0 Å². The maximum atomic E-state index is 13.4. The van der Waals surface area contributed by atoms with Crippen LogP contribution in [-0.2, 0) is 119 Å². The molecule has 128 heavy (non-hydrogen) atoms. The van der Waals surface area contributed by atoms with Crippen LogP contribution in [0.25, 0.3) is 0 Å². The second-order valence-electron chi connectivity index (χ2n) is 32.5. The lowest BCUT2D eigenvalue weighted by atomic mass is 9.93. The van der Waals surface area contributed by atoms with E-state index in [2.05, 4.69) is 31.9 Å². The third kappa shape index (κ3) is 23.9. The summed E-state index contributed by atoms with van der Waals surface area (Å²) < 4.78 is 115. The first-order valence-corrected chi connectivity index (χ1v) is 41.0. The van der Waals surface area contributed by atoms with Gasteiger partial charge in [0, 0.05) is 41.5 Å². The summed E-state index contributed by atoms with van der Waals surface area (Å²) in [6.07, 6.45) is -92.5. The Balaban J connectivity index is 1.05. The molecular weight excluding hydrogens is 1750 g/mol. The monoisotopic (exact) mass is 1870 g/mol. The van der Waals surface area contributed by atoms with Crippen molar-refractivity contribution < 1.29 is 246 Å². The molecule has 56 heteroatoms. The summed E-state index contributed by atoms with van der Waals surface area (Å²) >= 11 is 0. The molecule has 0 saturated carbocycles. The molecule has 6 amide bonds. The summed E-state index contributed by atoms with van der Waals surface area (Å²) in [5, 5.41) is 298. The van der Waals surface area contributed by atoms with Crippen LogP contribution in [0.3, 0.4) is 0 Å². The van der Waals surface area contributed by atoms with Gasteiger partial charge in [0.05, 0.1) is 65.6 Å². The summed E-state index contributed by atoms with van der Waals surface area (Å²) in [6.45, 7) is -2.95. The van der Waals surface area contributed by atoms with Crippen molar-refractivity contribution in [2.45, 2.75) is 355 Å². The molecule has 1 unspecified atom stereocenters. The Labute approximate surface area is 726 Å². The van der Waals surface area contributed by atoms with Gasteiger partial charge in [-0.05, 0) is 6.92 Å². The van der Waals surface area contributed by atoms with Gasteiger partial charge in [0.2, 0.25) is 35.4 Å². The van der Waals surface area contributed by atoms with Crippen LogP contribution in [0, 0.1) is 0 Å². The minimum absolute atomic E-state index is 0.823. The van der Waals surface area contributed by atoms with Crippen LogP contribution < -0.4 is 31.9 Å². The lowest BCUT2D eigenvalue weighted by Crippen LogP contribution is -2.71. The molecule has 10 saturated heterocycles. The van der Waals surface area contributed by atoms with Crippen molar-refractivity contribution in [2.75, 3.05) is 59.5 Å². The van der Waals surface area contributed by atoms with Crippen LogP contribution >= 0.6 is 0 Å². The molecule has 0 spiro atoms. The molecule has 738 valence electrons. The second-order valence-corrected chi connectivity index (χ2v) is 32.5. The highest BCUT2D eigenvalue weighted by molar-refractivity contribution is 5.75. The standard InChI is InChI=1S/C72H120N6O50/c1-17-39(91)52(104)54(106)69(113-17)111-16-32-59(50(102)33(63(109)114-32)73-18(2)85)124-68-38(78-23(7)90)51(103)57(28(12-83)119-68)125-70-56(108)60(126-72-62(128-67-37(77-22(6)89)49(101)43(95)27(11-82)118-67)55(107)58(29(13-84)120-72)123-65-35(75-20(4)87)47(99)41(93)25(9-80)116-65)45(97)31(121-70)15-112-71-61(127-66-36(76-21(5)88)48(100)42(94)26(10-81)117-66)53(105)44(96)30(122-71)14-110-64-34(74-19(3)86)46(98)40(92)24(8-79)115-64/h17,24-72,79-84,91-109H,8-16H2,1-7H3,(H,73,85)(H,74,86)(H,75,87)(H,76,88)(H,77,89)(H,78,90)/t17-,24+,25+,26+,27+,28+,29+,30+,31+,32+,33+,34+,35+,36+,37+,38+,39+,40+,41+,42+,43+,44+,45+,46+,47+,48+,49+,50+,51+,52-,53-,54-,55-,56-,57+,58+,59+,60-,61-,62-,63?,64+,65-,66-,67-,68-,69+,70-,71-,72+/m0/s1. The summed E-state index contributed by atoms with van der Waals surface area (Å²) in [5.41, 5.74) is 0. The van der Waals surface area contributed by atoms with Crippen molar-refractivity contribution in [1.29, 1.82) is 0 Å². The first-order chi connectivity index (χ1) is 60.4. The van der Waals surface area contributed by atoms with E-state index in [1.807, 2.05) is 0 Å². The van der Waals surface area contributed by atoms with Crippen molar-refractivity contribution in [3.8, 4) is 0 Å². The molecule has 0 bridgehead atoms. The van der Waals surface area contributed by atoms with Gasteiger partial charge in [0.25, 0.3) is 0 Å². The Morgan fingerprint density at radius 3 is 0.922 bits per heavy atom. The lowest BCUT2D eigenvalue weighted by molar-refractivity contribution is -0.403. The molecule has 10 heterocycles. The largest absolute Gasteiger partial charge is 0.394 e. The van der Waals surface area contributed by atoms with Gasteiger partial charge < -0.3 is 250 Å². The fraction of sp³-hybridized carbons (Fsp3) is 0.917. The number of nitrogens with one attached hydrogen (secondary N) is 6. The Bertz CT molecular complexity index is 3550. The van der Waals surface area contributed by atoms with E-state index in [-0.39, 0.29) is 0 Å². The van der Waals surface area contributed by atoms with E-state index in [4.69, 9.17) is 90.0 Å². The highest BCUT2D eigenvalue weighted by Crippen LogP contribution is 2.41. The van der Waals surface area contributed by atoms with E-state index < -0.39 is 402 Å². The van der Waals surface area contributed by atoms with Gasteiger partial charge in [-0.25, -0.2) is 0 Å². The fourth-order valence-corrected chi connectivity index (χ4v) is 16.5. The highest BCUT2D eigenvalue weighted by Gasteiger charge is 2.62. The van der Waals surface area contributed by atoms with Crippen LogP contribution in [0.2, 0.25) is 0 Å². The number of rotatable bonds is 33. The summed E-state index contributed by atoms with van der Waals surface area (Å²) in [4.78, 5) is 76.7. The third-order valence-corrected chi connectivity index (χ3v) is 23.2. The number of carbonyl (C=O) groups excluding carboxylic acids is 6. The lowest BCUT2D eigenvalue weighted by Gasteiger charge is -2.52. The Morgan fingerprint density at radius 1 is 0.219 bits per heavy atom. The molecule has 10 rings (SSSR count). The van der Waals surface area contributed by atoms with Gasteiger partial charge in [0.1, 0.15) is 238 Å². The second kappa shape index (κ2) is 46.1. The van der Waals surface area contributed by atoms with Crippen molar-refractivity contribution in [2.24, 2.45) is 0 Å². The number of hydrogen-bond acceptors (Lipinski definition) is 50. The third-order valence-electron chi connectivity index (χ3n) is 23.2. The number of aliphatic hydroxyl groups is 25. The van der Waals surface area contributed by atoms with Crippen molar-refractivity contribution >= 4 is 35.4 Å². The topological polar surface area (TPSA) is 856 Å². The molecule has 10 fully saturated rings. The van der Waals surface area contributed by atoms with Gasteiger partial charge in [0.15, 0.2) is 62.9 Å². The number of carbonyl (C=O) groups is 6. The maximum Gasteiger partial charge on any atom is 0.217 e. The Kier molecular flexibility index (Phi) is 37.8. The quantitative estimate of drug-likeness (QED) is 0.0290. The fourth-order valence-electron chi connectivity index (χ4n) is 16.5. The number of amides is 6. The Morgan fingerprint density at radius 2 is 0.500 bits per heavy atom. The minimum Gasteiger partial charge on any atom is -0.394 e. The van der Waals surface area contributed by atoms with E-state index >= 15 is 0 Å². The van der Waals surface area contributed by atoms with Crippen LogP contribution in [0.5, 0.6) is 0 Å². The van der Waals surface area contributed by atoms with Crippen LogP contribution in [0.4, 0.5) is 0 Å². The molecule has 10 aliphatic rings. The molecular formula is C72H120N6O50. The first kappa shape index (κ1) is 105. The van der Waals surface area contributed by atoms with E-state index in [9.17, 15) is 156 Å². The van der Waals surface area contributed by atoms with E-state index in [1.165, 1.54) is 6.92 Å². The average molecular weight is 1870 g/mol. The average Bonchev–Trinajstić information content (AvgIpc) is 0.760. The molecule has 56 nitrogen and oxygen atoms in total. The molecule has 10 aliphatic heterocycles. The van der Waals surface area contributed by atoms with Crippen LogP contribution in [0.15, 0.2) is 0 Å². The molecule has 0 aromatic carbocycles. The molecule has 31 N–H and O–H groups in total. The number of ether oxygens (including phenoxy) is 19. The predicted molar refractivity (Wildman–Crippen MR) is 398 cm³/mol. The van der Waals surface area contributed by atoms with Gasteiger partial charge >= 0.3 is 0 Å². The zero-order chi connectivity index (χ0) is 94.4. The molecule has 0 radical (unpaired) electrons. The van der Waals surface area contributed by atoms with E-state index in [1.54, 1.807) is 0 Å². The number of hydrogen-bond donors (Lipinski definition) is 31. The van der Waals surface area contributed by atoms with Crippen LogP contribution in [-0.4, -0.2) is 529 Å². The Hall–Kier alpha value is -4.94. The summed E-state index contributed by atoms with van der Waals surface area (Å²) in [6, 6.07) is -11.1. The molecule has 0 aromatic rings. The first-order valence-electron chi connectivity index (χ1n) is 41.0. The SMILES string of the molecule is CC(=O)N[C@H]1[C@H](O[C@H]2[C@H](O)[C@@H](NC(C)=O)C(O)O[C@@H]2CO[C@@H]2O[C@@H](C)[C@@H](O)[C@H](O)[C@@H]2O)O[C@H](CO)[C@@H](O[C@@H]2O[C@H](CO[C@H]3O[C@H](CO[C@@H]4O[C@H](CO)[C@@H](O)[C@H](O)[C@H]4NC(C)=O)[C@@H](O)[C@H](O)[C@@H]3O[C@@H]3O[C@H](CO)[C@@H](O)[C@H](O)[C@H]3NC(C)=O)[C@@H](O)[C@H](O[C@H]3O[C@H](CO)[C@@H](O[C@@H]4O[C@H](CO)[C@@H](O)[C@H](O)[C@H]4NC(C)=O)[C@H](O)[C@@H]3O[C@@H]3O[C@H](CO)[C@@H](O)[C@H](O)[C@H]3NC(C)=O)[C@@H]2O)[C@@H]1O. The van der Waals surface area contributed by atoms with Crippen molar-refractivity contribution in [3.05, 3.63) is 0 Å². The highest BCUT2D eigenvalue weighted by atomic mass is 16.8. The molecule has 0 aromatic heterocycles. The zero-order valence-electron chi connectivity index (χ0n) is 69.6. The summed E-state index contributed by atoms with van der Waals surface area (Å²) in [5.74, 6) is -5.46. The van der Waals surface area contributed by atoms with Crippen molar-refractivity contribution in [1.82, 2.24) is 31.9 Å². The van der Waals surface area contributed by atoms with Crippen LogP contribution in [0.1, 0.15) is 48.5 Å². The molecule has 0 aliphatic carbocycles. The summed E-state index contributed by atoms with van der Waals surface area (Å²) in [7, 11) is 0. The van der Waals surface area contributed by atoms with Gasteiger partial charge in [-0.2, -0.15) is 0 Å². The van der Waals surface area contributed by atoms with Crippen molar-refractivity contribution in [3.63, 3.8) is 0 Å². The maximum absolute atomic E-state index is 13.4. The minimum atomic E-state index is -2.70. The molecule has 50 atom stereocenters.